The van der Waals surface area contributed by atoms with Crippen LogP contribution in [0.1, 0.15) is 12.5 Å². The first-order valence-corrected chi connectivity index (χ1v) is 5.72. The summed E-state index contributed by atoms with van der Waals surface area (Å²) in [6.07, 6.45) is 0. The smallest absolute Gasteiger partial charge is 0.127 e. The summed E-state index contributed by atoms with van der Waals surface area (Å²) in [7, 11) is 1.82. The average molecular weight is 258 g/mol. The van der Waals surface area contributed by atoms with E-state index in [1.165, 1.54) is 6.07 Å². The molecule has 1 atom stereocenters. The second-order valence-electron chi connectivity index (χ2n) is 4.24. The second kappa shape index (κ2) is 6.02. The summed E-state index contributed by atoms with van der Waals surface area (Å²) >= 11 is 4.86. The molecule has 0 saturated carbocycles. The Morgan fingerprint density at radius 3 is 2.71 bits per heavy atom. The maximum absolute atomic E-state index is 13.4. The maximum Gasteiger partial charge on any atom is 0.127 e. The highest BCUT2D eigenvalue weighted by atomic mass is 32.1. The predicted molar refractivity (Wildman–Crippen MR) is 68.6 cm³/mol. The predicted octanol–water partition coefficient (Wildman–Crippen LogP) is 2.32. The van der Waals surface area contributed by atoms with Crippen LogP contribution in [-0.4, -0.2) is 23.5 Å². The number of hydrogen-bond donors (Lipinski definition) is 1. The fourth-order valence-corrected chi connectivity index (χ4v) is 1.65. The average Bonchev–Trinajstić information content (AvgIpc) is 2.23. The summed E-state index contributed by atoms with van der Waals surface area (Å²) in [5.74, 6) is -0.787. The number of nitrogens with zero attached hydrogens (tertiary/aromatic N) is 1. The van der Waals surface area contributed by atoms with Crippen molar-refractivity contribution in [3.63, 3.8) is 0 Å². The van der Waals surface area contributed by atoms with Crippen molar-refractivity contribution < 1.29 is 8.78 Å². The Balaban J connectivity index is 2.64. The molecule has 0 aliphatic heterocycles. The van der Waals surface area contributed by atoms with Crippen LogP contribution in [0.25, 0.3) is 0 Å². The van der Waals surface area contributed by atoms with Crippen molar-refractivity contribution in [2.45, 2.75) is 13.5 Å². The molecule has 0 amide bonds. The molecule has 0 aromatic heterocycles. The van der Waals surface area contributed by atoms with Crippen molar-refractivity contribution in [3.8, 4) is 0 Å². The summed E-state index contributed by atoms with van der Waals surface area (Å²) in [4.78, 5) is 2.29. The lowest BCUT2D eigenvalue weighted by Crippen LogP contribution is -2.31. The molecule has 94 valence electrons. The van der Waals surface area contributed by atoms with E-state index >= 15 is 0 Å². The third-order valence-electron chi connectivity index (χ3n) is 2.52. The quantitative estimate of drug-likeness (QED) is 0.822. The van der Waals surface area contributed by atoms with Gasteiger partial charge in [-0.05, 0) is 25.2 Å². The van der Waals surface area contributed by atoms with Gasteiger partial charge in [-0.3, -0.25) is 0 Å². The Hall–Kier alpha value is -1.07. The molecule has 1 unspecified atom stereocenters. The molecule has 0 fully saturated rings. The standard InChI is InChI=1S/C12H16F2N2S/c1-8(12(15)17)6-16(2)7-9-5-10(13)3-4-11(9)14/h3-5,8H,6-7H2,1-2H3,(H2,15,17). The minimum atomic E-state index is -0.433. The topological polar surface area (TPSA) is 29.3 Å². The largest absolute Gasteiger partial charge is 0.393 e. The summed E-state index contributed by atoms with van der Waals surface area (Å²) in [6.45, 7) is 2.85. The van der Waals surface area contributed by atoms with E-state index in [1.807, 2.05) is 18.9 Å². The molecule has 1 aromatic carbocycles. The van der Waals surface area contributed by atoms with Crippen LogP contribution in [0.5, 0.6) is 0 Å². The molecule has 0 bridgehead atoms. The van der Waals surface area contributed by atoms with E-state index < -0.39 is 11.6 Å². The highest BCUT2D eigenvalue weighted by Gasteiger charge is 2.11. The Morgan fingerprint density at radius 2 is 2.12 bits per heavy atom. The van der Waals surface area contributed by atoms with Crippen LogP contribution < -0.4 is 5.73 Å². The number of halogens is 2. The van der Waals surface area contributed by atoms with Gasteiger partial charge in [-0.1, -0.05) is 19.1 Å². The van der Waals surface area contributed by atoms with Crippen molar-refractivity contribution in [1.82, 2.24) is 4.90 Å². The Bertz CT molecular complexity index is 409. The first kappa shape index (κ1) is 14.0. The third kappa shape index (κ3) is 4.36. The maximum atomic E-state index is 13.4. The molecule has 0 aliphatic carbocycles. The summed E-state index contributed by atoms with van der Waals surface area (Å²) in [6, 6.07) is 3.45. The summed E-state index contributed by atoms with van der Waals surface area (Å²) < 4.78 is 26.3. The molecule has 0 spiro atoms. The third-order valence-corrected chi connectivity index (χ3v) is 2.92. The van der Waals surface area contributed by atoms with E-state index in [4.69, 9.17) is 18.0 Å². The van der Waals surface area contributed by atoms with Gasteiger partial charge in [-0.15, -0.1) is 0 Å². The van der Waals surface area contributed by atoms with Gasteiger partial charge in [0.05, 0.1) is 4.99 Å². The van der Waals surface area contributed by atoms with E-state index in [9.17, 15) is 8.78 Å². The number of benzene rings is 1. The van der Waals surface area contributed by atoms with E-state index in [2.05, 4.69) is 0 Å². The molecule has 17 heavy (non-hydrogen) atoms. The van der Waals surface area contributed by atoms with E-state index in [0.717, 1.165) is 12.1 Å². The SMILES string of the molecule is CC(CN(C)Cc1cc(F)ccc1F)C(N)=S. The molecule has 0 radical (unpaired) electrons. The van der Waals surface area contributed by atoms with Crippen molar-refractivity contribution in [3.05, 3.63) is 35.4 Å². The van der Waals surface area contributed by atoms with Gasteiger partial charge in [0.15, 0.2) is 0 Å². The first-order valence-electron chi connectivity index (χ1n) is 5.32. The van der Waals surface area contributed by atoms with Gasteiger partial charge >= 0.3 is 0 Å². The highest BCUT2D eigenvalue weighted by molar-refractivity contribution is 7.80. The molecular formula is C12H16F2N2S. The zero-order chi connectivity index (χ0) is 13.0. The van der Waals surface area contributed by atoms with Crippen LogP contribution in [0.3, 0.4) is 0 Å². The zero-order valence-corrected chi connectivity index (χ0v) is 10.7. The molecule has 1 aromatic rings. The van der Waals surface area contributed by atoms with Crippen LogP contribution in [-0.2, 0) is 6.54 Å². The van der Waals surface area contributed by atoms with Gasteiger partial charge in [0.1, 0.15) is 11.6 Å². The fraction of sp³-hybridized carbons (Fsp3) is 0.417. The van der Waals surface area contributed by atoms with Crippen molar-refractivity contribution in [1.29, 1.82) is 0 Å². The molecular weight excluding hydrogens is 242 g/mol. The van der Waals surface area contributed by atoms with E-state index in [0.29, 0.717) is 23.6 Å². The fourth-order valence-electron chi connectivity index (χ4n) is 1.58. The van der Waals surface area contributed by atoms with Crippen LogP contribution in [0.15, 0.2) is 18.2 Å². The summed E-state index contributed by atoms with van der Waals surface area (Å²) in [5, 5.41) is 0. The first-order chi connectivity index (χ1) is 7.90. The van der Waals surface area contributed by atoms with E-state index in [1.54, 1.807) is 0 Å². The minimum absolute atomic E-state index is 0.0478. The van der Waals surface area contributed by atoms with Crippen LogP contribution in [0, 0.1) is 17.6 Å². The molecule has 0 aliphatic rings. The highest BCUT2D eigenvalue weighted by Crippen LogP contribution is 2.12. The lowest BCUT2D eigenvalue weighted by Gasteiger charge is -2.20. The lowest BCUT2D eigenvalue weighted by molar-refractivity contribution is 0.302. The Morgan fingerprint density at radius 1 is 1.47 bits per heavy atom. The van der Waals surface area contributed by atoms with Crippen LogP contribution >= 0.6 is 12.2 Å². The second-order valence-corrected chi connectivity index (χ2v) is 4.71. The van der Waals surface area contributed by atoms with E-state index in [-0.39, 0.29) is 5.92 Å². The van der Waals surface area contributed by atoms with Crippen LogP contribution in [0.2, 0.25) is 0 Å². The van der Waals surface area contributed by atoms with Gasteiger partial charge in [-0.25, -0.2) is 8.78 Å². The molecule has 2 nitrogen and oxygen atoms in total. The number of hydrogen-bond acceptors (Lipinski definition) is 2. The molecule has 0 saturated heterocycles. The monoisotopic (exact) mass is 258 g/mol. The van der Waals surface area contributed by atoms with Gasteiger partial charge in [0.2, 0.25) is 0 Å². The molecule has 2 N–H and O–H groups in total. The normalized spacial score (nSPS) is 12.8. The Labute approximate surface area is 105 Å². The minimum Gasteiger partial charge on any atom is -0.393 e. The number of rotatable bonds is 5. The molecule has 1 rings (SSSR count). The van der Waals surface area contributed by atoms with Gasteiger partial charge in [0.25, 0.3) is 0 Å². The van der Waals surface area contributed by atoms with Crippen LogP contribution in [0.4, 0.5) is 8.78 Å². The molecule has 5 heteroatoms. The van der Waals surface area contributed by atoms with Crippen molar-refractivity contribution in [2.24, 2.45) is 11.7 Å². The van der Waals surface area contributed by atoms with Gasteiger partial charge in [-0.2, -0.15) is 0 Å². The lowest BCUT2D eigenvalue weighted by atomic mass is 10.1. The number of thiocarbonyl (C=S) groups is 1. The molecule has 0 heterocycles. The number of nitrogens with two attached hydrogens (primary N) is 1. The zero-order valence-electron chi connectivity index (χ0n) is 9.91. The van der Waals surface area contributed by atoms with Gasteiger partial charge in [0, 0.05) is 24.6 Å². The van der Waals surface area contributed by atoms with Gasteiger partial charge < -0.3 is 10.6 Å². The van der Waals surface area contributed by atoms with Crippen molar-refractivity contribution >= 4 is 17.2 Å². The Kier molecular flexibility index (Phi) is 4.96. The summed E-state index contributed by atoms with van der Waals surface area (Å²) in [5.41, 5.74) is 5.84. The van der Waals surface area contributed by atoms with Crippen molar-refractivity contribution in [2.75, 3.05) is 13.6 Å².